The molecule has 1 saturated heterocycles. The van der Waals surface area contributed by atoms with E-state index < -0.39 is 0 Å². The fourth-order valence-electron chi connectivity index (χ4n) is 2.50. The molecule has 0 bridgehead atoms. The van der Waals surface area contributed by atoms with Crippen LogP contribution < -0.4 is 4.90 Å². The Morgan fingerprint density at radius 3 is 2.80 bits per heavy atom. The molecule has 15 heavy (non-hydrogen) atoms. The molecule has 2 rings (SSSR count). The van der Waals surface area contributed by atoms with Crippen LogP contribution in [0.5, 0.6) is 0 Å². The number of rotatable bonds is 2. The zero-order valence-electron chi connectivity index (χ0n) is 9.90. The minimum atomic E-state index is 0.644. The highest BCUT2D eigenvalue weighted by Crippen LogP contribution is 2.30. The summed E-state index contributed by atoms with van der Waals surface area (Å²) in [6, 6.07) is 5.64. The van der Waals surface area contributed by atoms with Gasteiger partial charge in [0.15, 0.2) is 0 Å². The molecule has 82 valence electrons. The number of hydrogen-bond acceptors (Lipinski definition) is 2. The lowest BCUT2D eigenvalue weighted by atomic mass is 10.1. The van der Waals surface area contributed by atoms with E-state index in [9.17, 15) is 0 Å². The number of anilines is 1. The second-order valence-electron chi connectivity index (χ2n) is 4.59. The largest absolute Gasteiger partial charge is 0.351 e. The molecule has 2 heterocycles. The summed E-state index contributed by atoms with van der Waals surface area (Å²) in [5.41, 5.74) is 1.23. The van der Waals surface area contributed by atoms with Crippen LogP contribution in [-0.4, -0.2) is 17.1 Å². The van der Waals surface area contributed by atoms with Gasteiger partial charge in [-0.15, -0.1) is 0 Å². The van der Waals surface area contributed by atoms with E-state index in [0.717, 1.165) is 5.82 Å². The first-order valence-corrected chi connectivity index (χ1v) is 5.93. The number of aromatic nitrogens is 1. The van der Waals surface area contributed by atoms with Gasteiger partial charge in [-0.3, -0.25) is 0 Å². The topological polar surface area (TPSA) is 16.1 Å². The lowest BCUT2D eigenvalue weighted by molar-refractivity contribution is 0.621. The molecule has 1 aromatic heterocycles. The quantitative estimate of drug-likeness (QED) is 0.735. The van der Waals surface area contributed by atoms with Gasteiger partial charge in [0.2, 0.25) is 0 Å². The Hall–Kier alpha value is -1.05. The van der Waals surface area contributed by atoms with Gasteiger partial charge in [0, 0.05) is 18.3 Å². The molecule has 2 atom stereocenters. The predicted octanol–water partition coefficient (Wildman–Crippen LogP) is 3.16. The third-order valence-electron chi connectivity index (χ3n) is 3.42. The van der Waals surface area contributed by atoms with Crippen LogP contribution >= 0.6 is 0 Å². The molecule has 2 unspecified atom stereocenters. The lowest BCUT2D eigenvalue weighted by Gasteiger charge is -2.29. The maximum Gasteiger partial charge on any atom is 0.128 e. The smallest absolute Gasteiger partial charge is 0.128 e. The van der Waals surface area contributed by atoms with Crippen molar-refractivity contribution in [3.8, 4) is 0 Å². The molecule has 0 saturated carbocycles. The summed E-state index contributed by atoms with van der Waals surface area (Å²) in [5, 5.41) is 0. The van der Waals surface area contributed by atoms with Crippen LogP contribution in [0.2, 0.25) is 0 Å². The molecular weight excluding hydrogens is 184 g/mol. The summed E-state index contributed by atoms with van der Waals surface area (Å²) in [6.07, 6.45) is 5.80. The minimum Gasteiger partial charge on any atom is -0.351 e. The van der Waals surface area contributed by atoms with E-state index in [4.69, 9.17) is 0 Å². The molecule has 0 amide bonds. The van der Waals surface area contributed by atoms with E-state index in [2.05, 4.69) is 42.8 Å². The zero-order chi connectivity index (χ0) is 10.8. The zero-order valence-corrected chi connectivity index (χ0v) is 9.90. The molecule has 0 radical (unpaired) electrons. The number of nitrogens with zero attached hydrogens (tertiary/aromatic N) is 2. The molecule has 0 aromatic carbocycles. The van der Waals surface area contributed by atoms with Crippen LogP contribution in [0.1, 0.15) is 38.7 Å². The van der Waals surface area contributed by atoms with E-state index in [1.54, 1.807) is 0 Å². The van der Waals surface area contributed by atoms with Gasteiger partial charge in [0.05, 0.1) is 0 Å². The molecule has 0 aliphatic carbocycles. The maximum atomic E-state index is 4.53. The standard InChI is InChI=1S/C13H20N2/c1-4-12-7-6-11(3)15(12)13-8-5-10(2)9-14-13/h5,8-9,11-12H,4,6-7H2,1-3H3. The molecule has 2 heteroatoms. The van der Waals surface area contributed by atoms with Gasteiger partial charge in [0.25, 0.3) is 0 Å². The maximum absolute atomic E-state index is 4.53. The highest BCUT2D eigenvalue weighted by molar-refractivity contribution is 5.43. The third kappa shape index (κ3) is 1.99. The normalized spacial score (nSPS) is 25.9. The number of hydrogen-bond donors (Lipinski definition) is 0. The van der Waals surface area contributed by atoms with Crippen molar-refractivity contribution in [1.29, 1.82) is 0 Å². The first-order chi connectivity index (χ1) is 7.22. The van der Waals surface area contributed by atoms with E-state index in [1.165, 1.54) is 24.8 Å². The molecule has 0 N–H and O–H groups in total. The summed E-state index contributed by atoms with van der Waals surface area (Å²) in [5.74, 6) is 1.15. The molecule has 2 nitrogen and oxygen atoms in total. The van der Waals surface area contributed by atoms with Gasteiger partial charge < -0.3 is 4.90 Å². The van der Waals surface area contributed by atoms with E-state index >= 15 is 0 Å². The Kier molecular flexibility index (Phi) is 2.94. The average Bonchev–Trinajstić information content (AvgIpc) is 2.61. The van der Waals surface area contributed by atoms with Crippen molar-refractivity contribution in [2.24, 2.45) is 0 Å². The summed E-state index contributed by atoms with van der Waals surface area (Å²) in [6.45, 7) is 6.66. The van der Waals surface area contributed by atoms with Crippen LogP contribution in [0.3, 0.4) is 0 Å². The van der Waals surface area contributed by atoms with Crippen molar-refractivity contribution in [3.63, 3.8) is 0 Å². The van der Waals surface area contributed by atoms with Crippen LogP contribution in [0.4, 0.5) is 5.82 Å². The molecule has 1 aromatic rings. The summed E-state index contributed by atoms with van der Waals surface area (Å²) < 4.78 is 0. The van der Waals surface area contributed by atoms with Gasteiger partial charge in [0.1, 0.15) is 5.82 Å². The number of aryl methyl sites for hydroxylation is 1. The SMILES string of the molecule is CCC1CCC(C)N1c1ccc(C)cn1. The highest BCUT2D eigenvalue weighted by Gasteiger charge is 2.29. The fourth-order valence-corrected chi connectivity index (χ4v) is 2.50. The lowest BCUT2D eigenvalue weighted by Crippen LogP contribution is -2.34. The predicted molar refractivity (Wildman–Crippen MR) is 64.2 cm³/mol. The molecular formula is C13H20N2. The highest BCUT2D eigenvalue weighted by atomic mass is 15.2. The molecule has 1 aliphatic heterocycles. The van der Waals surface area contributed by atoms with Gasteiger partial charge in [-0.25, -0.2) is 4.98 Å². The van der Waals surface area contributed by atoms with Crippen molar-refractivity contribution in [3.05, 3.63) is 23.9 Å². The van der Waals surface area contributed by atoms with Gasteiger partial charge in [-0.1, -0.05) is 13.0 Å². The Bertz CT molecular complexity index is 318. The Morgan fingerprint density at radius 1 is 1.40 bits per heavy atom. The van der Waals surface area contributed by atoms with Gasteiger partial charge in [-0.2, -0.15) is 0 Å². The summed E-state index contributed by atoms with van der Waals surface area (Å²) in [4.78, 5) is 7.02. The van der Waals surface area contributed by atoms with Crippen molar-refractivity contribution in [2.45, 2.75) is 52.1 Å². The molecule has 1 aliphatic rings. The minimum absolute atomic E-state index is 0.644. The average molecular weight is 204 g/mol. The van der Waals surface area contributed by atoms with Gasteiger partial charge in [-0.05, 0) is 44.7 Å². The van der Waals surface area contributed by atoms with Crippen molar-refractivity contribution >= 4 is 5.82 Å². The molecule has 0 spiro atoms. The monoisotopic (exact) mass is 204 g/mol. The summed E-state index contributed by atoms with van der Waals surface area (Å²) in [7, 11) is 0. The van der Waals surface area contributed by atoms with Crippen molar-refractivity contribution in [1.82, 2.24) is 4.98 Å². The van der Waals surface area contributed by atoms with Crippen molar-refractivity contribution < 1.29 is 0 Å². The molecule has 1 fully saturated rings. The van der Waals surface area contributed by atoms with E-state index in [-0.39, 0.29) is 0 Å². The van der Waals surface area contributed by atoms with Crippen LogP contribution in [0.15, 0.2) is 18.3 Å². The van der Waals surface area contributed by atoms with Crippen LogP contribution in [0, 0.1) is 6.92 Å². The number of pyridine rings is 1. The first kappa shape index (κ1) is 10.5. The van der Waals surface area contributed by atoms with Gasteiger partial charge >= 0.3 is 0 Å². The Labute approximate surface area is 92.3 Å². The second kappa shape index (κ2) is 4.21. The van der Waals surface area contributed by atoms with Crippen LogP contribution in [-0.2, 0) is 0 Å². The first-order valence-electron chi connectivity index (χ1n) is 5.93. The summed E-state index contributed by atoms with van der Waals surface area (Å²) >= 11 is 0. The van der Waals surface area contributed by atoms with Crippen molar-refractivity contribution in [2.75, 3.05) is 4.90 Å². The van der Waals surface area contributed by atoms with E-state index in [0.29, 0.717) is 12.1 Å². The Morgan fingerprint density at radius 2 is 2.20 bits per heavy atom. The van der Waals surface area contributed by atoms with E-state index in [1.807, 2.05) is 6.20 Å². The fraction of sp³-hybridized carbons (Fsp3) is 0.615. The second-order valence-corrected chi connectivity index (χ2v) is 4.59. The van der Waals surface area contributed by atoms with Crippen LogP contribution in [0.25, 0.3) is 0 Å². The third-order valence-corrected chi connectivity index (χ3v) is 3.42. The Balaban J connectivity index is 2.24.